The first-order chi connectivity index (χ1) is 20.6. The van der Waals surface area contributed by atoms with Crippen LogP contribution in [-0.4, -0.2) is 39.3 Å². The molecule has 0 spiro atoms. The lowest BCUT2D eigenvalue weighted by molar-refractivity contribution is 0.104. The molecule has 0 saturated heterocycles. The second-order valence-corrected chi connectivity index (χ2v) is 10.6. The first kappa shape index (κ1) is 35.0. The third-order valence-electron chi connectivity index (χ3n) is 6.95. The number of carbonyl (C=O) groups is 1. The first-order valence-electron chi connectivity index (χ1n) is 16.2. The minimum Gasteiger partial charge on any atom is -0.493 e. The Morgan fingerprint density at radius 2 is 1.19 bits per heavy atom. The van der Waals surface area contributed by atoms with E-state index in [-0.39, 0.29) is 5.78 Å². The van der Waals surface area contributed by atoms with Gasteiger partial charge in [-0.2, -0.15) is 0 Å². The van der Waals surface area contributed by atoms with Crippen LogP contribution in [0.1, 0.15) is 121 Å². The molecule has 2 aromatic carbocycles. The van der Waals surface area contributed by atoms with Crippen molar-refractivity contribution in [2.45, 2.75) is 105 Å². The van der Waals surface area contributed by atoms with Crippen LogP contribution in [0, 0.1) is 0 Å². The largest absolute Gasteiger partial charge is 0.493 e. The van der Waals surface area contributed by atoms with E-state index in [2.05, 4.69) is 27.7 Å². The van der Waals surface area contributed by atoms with Crippen molar-refractivity contribution in [1.82, 2.24) is 0 Å². The van der Waals surface area contributed by atoms with Crippen molar-refractivity contribution in [1.29, 1.82) is 0 Å². The van der Waals surface area contributed by atoms with Crippen LogP contribution in [0.15, 0.2) is 36.4 Å². The van der Waals surface area contributed by atoms with E-state index in [1.54, 1.807) is 25.3 Å². The normalized spacial score (nSPS) is 11.1. The minimum absolute atomic E-state index is 0.162. The van der Waals surface area contributed by atoms with E-state index in [0.717, 1.165) is 82.6 Å². The number of hydrogen-bond donors (Lipinski definition) is 0. The lowest BCUT2D eigenvalue weighted by Crippen LogP contribution is -2.07. The average molecular weight is 583 g/mol. The van der Waals surface area contributed by atoms with Crippen molar-refractivity contribution in [3.8, 4) is 28.7 Å². The third-order valence-corrected chi connectivity index (χ3v) is 6.95. The number of para-hydroxylation sites is 1. The number of benzene rings is 2. The maximum atomic E-state index is 13.6. The van der Waals surface area contributed by atoms with Gasteiger partial charge in [0.05, 0.1) is 39.1 Å². The molecule has 0 aliphatic heterocycles. The van der Waals surface area contributed by atoms with Crippen molar-refractivity contribution >= 4 is 11.9 Å². The van der Waals surface area contributed by atoms with Gasteiger partial charge in [0.25, 0.3) is 0 Å². The molecule has 6 nitrogen and oxygen atoms in total. The fraction of sp³-hybridized carbons (Fsp3) is 0.583. The highest BCUT2D eigenvalue weighted by molar-refractivity contribution is 6.09. The van der Waals surface area contributed by atoms with Gasteiger partial charge in [0, 0.05) is 11.6 Å². The summed E-state index contributed by atoms with van der Waals surface area (Å²) >= 11 is 0. The first-order valence-corrected chi connectivity index (χ1v) is 16.2. The summed E-state index contributed by atoms with van der Waals surface area (Å²) < 4.78 is 30.2. The van der Waals surface area contributed by atoms with Crippen molar-refractivity contribution < 1.29 is 28.5 Å². The molecule has 0 heterocycles. The molecule has 0 fully saturated rings. The number of unbranched alkanes of at least 4 members (excludes halogenated alkanes) is 8. The monoisotopic (exact) mass is 582 g/mol. The Morgan fingerprint density at radius 1 is 0.643 bits per heavy atom. The molecule has 0 N–H and O–H groups in total. The standard InChI is InChI=1S/C36H54O6/c1-6-10-14-23-39-30-27-29(35(34(28-30)38-5)41-25-16-12-8-3)21-22-32(37)31-19-18-20-33(40-24-15-11-7-2)36(31)42-26-17-13-9-4/h18-22,27-28H,6-17,23-26H2,1-5H3/b22-21+. The van der Waals surface area contributed by atoms with E-state index in [1.165, 1.54) is 0 Å². The van der Waals surface area contributed by atoms with Crippen LogP contribution in [-0.2, 0) is 0 Å². The molecule has 0 aromatic heterocycles. The average Bonchev–Trinajstić information content (AvgIpc) is 3.01. The Kier molecular flexibility index (Phi) is 18.0. The second kappa shape index (κ2) is 21.5. The lowest BCUT2D eigenvalue weighted by Gasteiger charge is -2.17. The van der Waals surface area contributed by atoms with Crippen LogP contribution >= 0.6 is 0 Å². The maximum Gasteiger partial charge on any atom is 0.189 e. The highest BCUT2D eigenvalue weighted by atomic mass is 16.5. The van der Waals surface area contributed by atoms with Crippen LogP contribution in [0.25, 0.3) is 6.08 Å². The smallest absolute Gasteiger partial charge is 0.189 e. The molecule has 0 aliphatic rings. The Hall–Kier alpha value is -3.15. The van der Waals surface area contributed by atoms with Gasteiger partial charge in [-0.15, -0.1) is 0 Å². The fourth-order valence-electron chi connectivity index (χ4n) is 4.47. The predicted molar refractivity (Wildman–Crippen MR) is 173 cm³/mol. The Bertz CT molecular complexity index is 1060. The van der Waals surface area contributed by atoms with Gasteiger partial charge in [0.2, 0.25) is 0 Å². The number of allylic oxidation sites excluding steroid dienone is 1. The molecule has 0 amide bonds. The summed E-state index contributed by atoms with van der Waals surface area (Å²) in [6, 6.07) is 9.32. The van der Waals surface area contributed by atoms with Crippen LogP contribution in [0.2, 0.25) is 0 Å². The van der Waals surface area contributed by atoms with Gasteiger partial charge in [-0.3, -0.25) is 4.79 Å². The van der Waals surface area contributed by atoms with Gasteiger partial charge < -0.3 is 23.7 Å². The van der Waals surface area contributed by atoms with Gasteiger partial charge in [-0.25, -0.2) is 0 Å². The highest BCUT2D eigenvalue weighted by Crippen LogP contribution is 2.38. The Labute approximate surface area is 254 Å². The number of hydrogen-bond acceptors (Lipinski definition) is 6. The van der Waals surface area contributed by atoms with Crippen LogP contribution < -0.4 is 23.7 Å². The van der Waals surface area contributed by atoms with E-state index in [9.17, 15) is 4.79 Å². The lowest BCUT2D eigenvalue weighted by atomic mass is 10.1. The molecule has 42 heavy (non-hydrogen) atoms. The summed E-state index contributed by atoms with van der Waals surface area (Å²) in [7, 11) is 1.63. The second-order valence-electron chi connectivity index (χ2n) is 10.6. The molecule has 0 bridgehead atoms. The zero-order valence-electron chi connectivity index (χ0n) is 26.8. The molecule has 0 radical (unpaired) electrons. The quantitative estimate of drug-likeness (QED) is 0.0697. The highest BCUT2D eigenvalue weighted by Gasteiger charge is 2.18. The summed E-state index contributed by atoms with van der Waals surface area (Å²) in [4.78, 5) is 13.6. The van der Waals surface area contributed by atoms with Gasteiger partial charge in [-0.05, 0) is 56.0 Å². The SMILES string of the molecule is CCCCCOc1cc(/C=C/C(=O)c2cccc(OCCCCC)c2OCCCCC)c(OCCCCC)c(OC)c1. The summed E-state index contributed by atoms with van der Waals surface area (Å²) in [6.07, 6.45) is 16.0. The molecular weight excluding hydrogens is 528 g/mol. The molecule has 2 aromatic rings. The van der Waals surface area contributed by atoms with Crippen LogP contribution in [0.3, 0.4) is 0 Å². The molecule has 0 aliphatic carbocycles. The maximum absolute atomic E-state index is 13.6. The molecule has 0 unspecified atom stereocenters. The zero-order chi connectivity index (χ0) is 30.4. The van der Waals surface area contributed by atoms with Crippen molar-refractivity contribution in [2.75, 3.05) is 33.5 Å². The van der Waals surface area contributed by atoms with E-state index in [1.807, 2.05) is 24.3 Å². The van der Waals surface area contributed by atoms with Crippen molar-refractivity contribution in [3.63, 3.8) is 0 Å². The zero-order valence-corrected chi connectivity index (χ0v) is 26.8. The van der Waals surface area contributed by atoms with Crippen LogP contribution in [0.5, 0.6) is 28.7 Å². The third kappa shape index (κ3) is 12.4. The molecule has 0 atom stereocenters. The number of carbonyl (C=O) groups excluding carboxylic acids is 1. The topological polar surface area (TPSA) is 63.2 Å². The molecule has 2 rings (SSSR count). The van der Waals surface area contributed by atoms with E-state index >= 15 is 0 Å². The number of rotatable bonds is 24. The molecular formula is C36H54O6. The predicted octanol–water partition coefficient (Wildman–Crippen LogP) is 9.87. The van der Waals surface area contributed by atoms with E-state index < -0.39 is 0 Å². The fourth-order valence-corrected chi connectivity index (χ4v) is 4.47. The number of ether oxygens (including phenoxy) is 5. The van der Waals surface area contributed by atoms with Gasteiger partial charge >= 0.3 is 0 Å². The molecule has 6 heteroatoms. The number of ketones is 1. The summed E-state index contributed by atoms with van der Waals surface area (Å²) in [5, 5.41) is 0. The summed E-state index contributed by atoms with van der Waals surface area (Å²) in [5.74, 6) is 2.87. The van der Waals surface area contributed by atoms with Crippen molar-refractivity contribution in [3.05, 3.63) is 47.5 Å². The summed E-state index contributed by atoms with van der Waals surface area (Å²) in [6.45, 7) is 11.0. The molecule has 234 valence electrons. The molecule has 0 saturated carbocycles. The Morgan fingerprint density at radius 3 is 1.76 bits per heavy atom. The van der Waals surface area contributed by atoms with Gasteiger partial charge in [0.15, 0.2) is 28.8 Å². The van der Waals surface area contributed by atoms with E-state index in [4.69, 9.17) is 23.7 Å². The Balaban J connectivity index is 2.38. The minimum atomic E-state index is -0.162. The van der Waals surface area contributed by atoms with E-state index in [0.29, 0.717) is 60.7 Å². The summed E-state index contributed by atoms with van der Waals surface area (Å²) in [5.41, 5.74) is 1.22. The van der Waals surface area contributed by atoms with Crippen LogP contribution in [0.4, 0.5) is 0 Å². The van der Waals surface area contributed by atoms with Gasteiger partial charge in [-0.1, -0.05) is 85.1 Å². The number of methoxy groups -OCH3 is 1. The van der Waals surface area contributed by atoms with Crippen molar-refractivity contribution in [2.24, 2.45) is 0 Å². The van der Waals surface area contributed by atoms with Gasteiger partial charge in [0.1, 0.15) is 5.75 Å².